The molecule has 8 heteroatoms. The van der Waals surface area contributed by atoms with E-state index in [1.165, 1.54) is 0 Å². The van der Waals surface area contributed by atoms with Crippen molar-refractivity contribution in [1.82, 2.24) is 4.98 Å². The van der Waals surface area contributed by atoms with Gasteiger partial charge in [0.2, 0.25) is 0 Å². The van der Waals surface area contributed by atoms with Gasteiger partial charge in [-0.1, -0.05) is 36.4 Å². The number of nitrogens with one attached hydrogen (secondary N) is 2. The van der Waals surface area contributed by atoms with Gasteiger partial charge >= 0.3 is 5.97 Å². The molecule has 0 radical (unpaired) electrons. The largest absolute Gasteiger partial charge is 0.481 e. The van der Waals surface area contributed by atoms with E-state index in [1.54, 1.807) is 18.0 Å². The first-order chi connectivity index (χ1) is 17.1. The molecule has 1 amide bonds. The Morgan fingerprint density at radius 3 is 2.74 bits per heavy atom. The third-order valence-corrected chi connectivity index (χ3v) is 5.65. The standard InChI is InChI=1S/C27H30N4O4/c1-2-34-27(33)18-22(20-9-4-3-5-10-20)30-21-12-13-23-24(17-21)35-19-26(32)31(23)16-8-15-29-25-11-6-7-14-28-25/h3-7,9-14,17,22,30H,2,8,15-16,18-19H2,1H3,(H,28,29). The molecule has 0 spiro atoms. The van der Waals surface area contributed by atoms with Crippen LogP contribution in [0.2, 0.25) is 0 Å². The van der Waals surface area contributed by atoms with Crippen LogP contribution >= 0.6 is 0 Å². The minimum Gasteiger partial charge on any atom is -0.481 e. The van der Waals surface area contributed by atoms with Crippen LogP contribution in [0.4, 0.5) is 17.2 Å². The molecule has 0 fully saturated rings. The van der Waals surface area contributed by atoms with Crippen LogP contribution in [0.1, 0.15) is 31.4 Å². The number of hydrogen-bond acceptors (Lipinski definition) is 7. The number of carbonyl (C=O) groups is 2. The van der Waals surface area contributed by atoms with E-state index in [4.69, 9.17) is 9.47 Å². The second kappa shape index (κ2) is 11.9. The monoisotopic (exact) mass is 474 g/mol. The molecular formula is C27H30N4O4. The van der Waals surface area contributed by atoms with Crippen LogP contribution in [0, 0.1) is 0 Å². The lowest BCUT2D eigenvalue weighted by Gasteiger charge is -2.30. The van der Waals surface area contributed by atoms with Crippen LogP contribution in [0.5, 0.6) is 5.75 Å². The molecule has 0 saturated heterocycles. The number of hydrogen-bond donors (Lipinski definition) is 2. The van der Waals surface area contributed by atoms with Gasteiger partial charge in [-0.3, -0.25) is 9.59 Å². The molecule has 1 aliphatic rings. The molecule has 1 aliphatic heterocycles. The van der Waals surface area contributed by atoms with Gasteiger partial charge in [0.15, 0.2) is 6.61 Å². The quantitative estimate of drug-likeness (QED) is 0.314. The summed E-state index contributed by atoms with van der Waals surface area (Å²) in [6, 6.07) is 20.9. The Hall–Kier alpha value is -4.07. The number of benzene rings is 2. The van der Waals surface area contributed by atoms with E-state index in [9.17, 15) is 9.59 Å². The first-order valence-electron chi connectivity index (χ1n) is 11.8. The highest BCUT2D eigenvalue weighted by atomic mass is 16.5. The van der Waals surface area contributed by atoms with Crippen LogP contribution < -0.4 is 20.3 Å². The van der Waals surface area contributed by atoms with Gasteiger partial charge < -0.3 is 25.0 Å². The molecule has 1 atom stereocenters. The van der Waals surface area contributed by atoms with Crippen LogP contribution in [0.25, 0.3) is 0 Å². The van der Waals surface area contributed by atoms with Crippen molar-refractivity contribution in [2.75, 3.05) is 41.8 Å². The van der Waals surface area contributed by atoms with E-state index >= 15 is 0 Å². The Morgan fingerprint density at radius 2 is 1.97 bits per heavy atom. The maximum atomic E-state index is 12.6. The third-order valence-electron chi connectivity index (χ3n) is 5.65. The van der Waals surface area contributed by atoms with Crippen molar-refractivity contribution < 1.29 is 19.1 Å². The second-order valence-electron chi connectivity index (χ2n) is 8.13. The van der Waals surface area contributed by atoms with Crippen LogP contribution in [0.3, 0.4) is 0 Å². The fourth-order valence-corrected chi connectivity index (χ4v) is 3.99. The van der Waals surface area contributed by atoms with Gasteiger partial charge in [0.1, 0.15) is 11.6 Å². The summed E-state index contributed by atoms with van der Waals surface area (Å²) in [5.74, 6) is 1.11. The number of esters is 1. The Labute approximate surface area is 205 Å². The molecule has 0 saturated carbocycles. The van der Waals surface area contributed by atoms with E-state index < -0.39 is 0 Å². The molecule has 2 heterocycles. The predicted octanol–water partition coefficient (Wildman–Crippen LogP) is 4.42. The van der Waals surface area contributed by atoms with Gasteiger partial charge in [0.05, 0.1) is 24.8 Å². The summed E-state index contributed by atoms with van der Waals surface area (Å²) in [5.41, 5.74) is 2.52. The molecular weight excluding hydrogens is 444 g/mol. The smallest absolute Gasteiger partial charge is 0.308 e. The SMILES string of the molecule is CCOC(=O)CC(Nc1ccc2c(c1)OCC(=O)N2CCCNc1ccccn1)c1ccccc1. The number of aromatic nitrogens is 1. The van der Waals surface area contributed by atoms with Crippen molar-refractivity contribution in [2.24, 2.45) is 0 Å². The maximum Gasteiger partial charge on any atom is 0.308 e. The highest BCUT2D eigenvalue weighted by molar-refractivity contribution is 5.98. The maximum absolute atomic E-state index is 12.6. The molecule has 2 N–H and O–H groups in total. The number of fused-ring (bicyclic) bond motifs is 1. The molecule has 0 bridgehead atoms. The fourth-order valence-electron chi connectivity index (χ4n) is 3.99. The van der Waals surface area contributed by atoms with E-state index in [1.807, 2.05) is 66.7 Å². The molecule has 35 heavy (non-hydrogen) atoms. The average molecular weight is 475 g/mol. The molecule has 4 rings (SSSR count). The zero-order valence-corrected chi connectivity index (χ0v) is 19.8. The normalized spacial score (nSPS) is 13.4. The van der Waals surface area contributed by atoms with Crippen molar-refractivity contribution in [2.45, 2.75) is 25.8 Å². The van der Waals surface area contributed by atoms with Crippen LogP contribution in [0.15, 0.2) is 72.9 Å². The van der Waals surface area contributed by atoms with Crippen molar-refractivity contribution >= 4 is 29.1 Å². The second-order valence-corrected chi connectivity index (χ2v) is 8.13. The van der Waals surface area contributed by atoms with Crippen molar-refractivity contribution in [3.8, 4) is 5.75 Å². The van der Waals surface area contributed by atoms with Gasteiger partial charge in [-0.2, -0.15) is 0 Å². The summed E-state index contributed by atoms with van der Waals surface area (Å²) >= 11 is 0. The minimum absolute atomic E-state index is 0.00490. The Kier molecular flexibility index (Phi) is 8.17. The molecule has 0 aliphatic carbocycles. The number of ether oxygens (including phenoxy) is 2. The molecule has 182 valence electrons. The average Bonchev–Trinajstić information content (AvgIpc) is 2.88. The topological polar surface area (TPSA) is 92.8 Å². The first-order valence-corrected chi connectivity index (χ1v) is 11.8. The molecule has 2 aromatic carbocycles. The lowest BCUT2D eigenvalue weighted by Crippen LogP contribution is -2.39. The van der Waals surface area contributed by atoms with E-state index in [2.05, 4.69) is 15.6 Å². The summed E-state index contributed by atoms with van der Waals surface area (Å²) in [5, 5.41) is 6.70. The highest BCUT2D eigenvalue weighted by Gasteiger charge is 2.26. The number of carbonyl (C=O) groups excluding carboxylic acids is 2. The molecule has 3 aromatic rings. The summed E-state index contributed by atoms with van der Waals surface area (Å²) in [4.78, 5) is 30.8. The van der Waals surface area contributed by atoms with Crippen molar-refractivity contribution in [3.63, 3.8) is 0 Å². The Balaban J connectivity index is 1.43. The zero-order chi connectivity index (χ0) is 24.5. The number of pyridine rings is 1. The van der Waals surface area contributed by atoms with Crippen LogP contribution in [-0.4, -0.2) is 43.2 Å². The molecule has 8 nitrogen and oxygen atoms in total. The number of nitrogens with zero attached hydrogens (tertiary/aromatic N) is 2. The summed E-state index contributed by atoms with van der Waals surface area (Å²) < 4.78 is 10.9. The lowest BCUT2D eigenvalue weighted by atomic mass is 10.0. The lowest BCUT2D eigenvalue weighted by molar-refractivity contribution is -0.143. The Morgan fingerprint density at radius 1 is 1.14 bits per heavy atom. The van der Waals surface area contributed by atoms with Gasteiger partial charge in [-0.15, -0.1) is 0 Å². The molecule has 1 unspecified atom stereocenters. The number of amides is 1. The van der Waals surface area contributed by atoms with E-state index in [0.29, 0.717) is 25.4 Å². The van der Waals surface area contributed by atoms with Crippen molar-refractivity contribution in [1.29, 1.82) is 0 Å². The number of anilines is 3. The third kappa shape index (κ3) is 6.50. The summed E-state index contributed by atoms with van der Waals surface area (Å²) in [6.07, 6.45) is 2.70. The van der Waals surface area contributed by atoms with E-state index in [-0.39, 0.29) is 30.9 Å². The number of rotatable bonds is 11. The van der Waals surface area contributed by atoms with Gasteiger partial charge in [-0.25, -0.2) is 4.98 Å². The van der Waals surface area contributed by atoms with Crippen LogP contribution in [-0.2, 0) is 14.3 Å². The first kappa shape index (κ1) is 24.1. The summed E-state index contributed by atoms with van der Waals surface area (Å²) in [7, 11) is 0. The fraction of sp³-hybridized carbons (Fsp3) is 0.296. The highest BCUT2D eigenvalue weighted by Crippen LogP contribution is 2.36. The predicted molar refractivity (Wildman–Crippen MR) is 136 cm³/mol. The summed E-state index contributed by atoms with van der Waals surface area (Å²) in [6.45, 7) is 3.40. The van der Waals surface area contributed by atoms with Gasteiger partial charge in [-0.05, 0) is 43.2 Å². The zero-order valence-electron chi connectivity index (χ0n) is 19.8. The molecule has 1 aromatic heterocycles. The van der Waals surface area contributed by atoms with E-state index in [0.717, 1.165) is 29.2 Å². The van der Waals surface area contributed by atoms with Crippen molar-refractivity contribution in [3.05, 3.63) is 78.5 Å². The van der Waals surface area contributed by atoms with Gasteiger partial charge in [0, 0.05) is 31.0 Å². The minimum atomic E-state index is -0.265. The van der Waals surface area contributed by atoms with Gasteiger partial charge in [0.25, 0.3) is 5.91 Å². The Bertz CT molecular complexity index is 1120.